The number of anilines is 1. The van der Waals surface area contributed by atoms with Gasteiger partial charge in [-0.2, -0.15) is 0 Å². The first-order chi connectivity index (χ1) is 10.1. The molecule has 0 amide bonds. The number of hydrogen-bond donors (Lipinski definition) is 1. The SMILES string of the molecule is Cc1c(Br)ccc2nc(-c3ccc4c(c3)OCO4)c(N)n12. The zero-order chi connectivity index (χ0) is 14.6. The fraction of sp³-hybridized carbons (Fsp3) is 0.133. The summed E-state index contributed by atoms with van der Waals surface area (Å²) in [6.45, 7) is 2.25. The molecule has 6 heteroatoms. The number of nitrogen functional groups attached to an aromatic ring is 1. The van der Waals surface area contributed by atoms with Crippen molar-refractivity contribution in [3.63, 3.8) is 0 Å². The minimum absolute atomic E-state index is 0.255. The summed E-state index contributed by atoms with van der Waals surface area (Å²) in [5, 5.41) is 0. The molecule has 0 radical (unpaired) electrons. The molecule has 0 aliphatic carbocycles. The van der Waals surface area contributed by atoms with Crippen LogP contribution in [0, 0.1) is 6.92 Å². The molecule has 21 heavy (non-hydrogen) atoms. The quantitative estimate of drug-likeness (QED) is 0.734. The Morgan fingerprint density at radius 3 is 2.86 bits per heavy atom. The Morgan fingerprint density at radius 2 is 2.00 bits per heavy atom. The molecule has 0 atom stereocenters. The van der Waals surface area contributed by atoms with Crippen molar-refractivity contribution in [3.05, 3.63) is 40.5 Å². The highest BCUT2D eigenvalue weighted by molar-refractivity contribution is 9.10. The lowest BCUT2D eigenvalue weighted by molar-refractivity contribution is 0.174. The van der Waals surface area contributed by atoms with E-state index in [0.717, 1.165) is 38.6 Å². The van der Waals surface area contributed by atoms with Crippen LogP contribution < -0.4 is 15.2 Å². The predicted octanol–water partition coefficient (Wildman–Crippen LogP) is 3.38. The number of ether oxygens (including phenoxy) is 2. The monoisotopic (exact) mass is 345 g/mol. The fourth-order valence-electron chi connectivity index (χ4n) is 2.55. The standard InChI is InChI=1S/C15H12BrN3O2/c1-8-10(16)3-5-13-18-14(15(17)19(8)13)9-2-4-11-12(6-9)21-7-20-11/h2-6H,7,17H2,1H3. The Balaban J connectivity index is 1.95. The highest BCUT2D eigenvalue weighted by Gasteiger charge is 2.18. The third-order valence-corrected chi connectivity index (χ3v) is 4.48. The van der Waals surface area contributed by atoms with Crippen molar-refractivity contribution in [2.45, 2.75) is 6.92 Å². The van der Waals surface area contributed by atoms with Crippen LogP contribution in [0.2, 0.25) is 0 Å². The number of hydrogen-bond acceptors (Lipinski definition) is 4. The van der Waals surface area contributed by atoms with Crippen molar-refractivity contribution < 1.29 is 9.47 Å². The number of rotatable bonds is 1. The molecule has 5 nitrogen and oxygen atoms in total. The molecule has 4 rings (SSSR count). The van der Waals surface area contributed by atoms with Crippen molar-refractivity contribution in [3.8, 4) is 22.8 Å². The molecule has 1 aliphatic heterocycles. The highest BCUT2D eigenvalue weighted by Crippen LogP contribution is 2.37. The maximum Gasteiger partial charge on any atom is 0.231 e. The molecule has 2 aromatic heterocycles. The summed E-state index contributed by atoms with van der Waals surface area (Å²) >= 11 is 3.52. The third-order valence-electron chi connectivity index (χ3n) is 3.64. The molecule has 2 N–H and O–H groups in total. The van der Waals surface area contributed by atoms with Crippen molar-refractivity contribution in [1.29, 1.82) is 0 Å². The predicted molar refractivity (Wildman–Crippen MR) is 83.6 cm³/mol. The molecule has 1 aromatic carbocycles. The van der Waals surface area contributed by atoms with Crippen LogP contribution in [0.15, 0.2) is 34.8 Å². The van der Waals surface area contributed by atoms with E-state index in [-0.39, 0.29) is 6.79 Å². The summed E-state index contributed by atoms with van der Waals surface area (Å²) in [7, 11) is 0. The maximum absolute atomic E-state index is 6.29. The average Bonchev–Trinajstić information content (AvgIpc) is 3.07. The molecule has 0 unspecified atom stereocenters. The minimum atomic E-state index is 0.255. The molecule has 3 aromatic rings. The molecular formula is C15H12BrN3O2. The van der Waals surface area contributed by atoms with Crippen LogP contribution in [0.25, 0.3) is 16.9 Å². The average molecular weight is 346 g/mol. The number of aromatic nitrogens is 2. The molecule has 0 saturated heterocycles. The first-order valence-corrected chi connectivity index (χ1v) is 7.27. The van der Waals surface area contributed by atoms with Crippen LogP contribution in [0.5, 0.6) is 11.5 Å². The summed E-state index contributed by atoms with van der Waals surface area (Å²) in [6.07, 6.45) is 0. The molecule has 106 valence electrons. The van der Waals surface area contributed by atoms with Gasteiger partial charge < -0.3 is 15.2 Å². The topological polar surface area (TPSA) is 61.8 Å². The second kappa shape index (κ2) is 4.39. The van der Waals surface area contributed by atoms with Crippen molar-refractivity contribution in [2.24, 2.45) is 0 Å². The largest absolute Gasteiger partial charge is 0.454 e. The number of halogens is 1. The van der Waals surface area contributed by atoms with Gasteiger partial charge in [0.05, 0.1) is 0 Å². The van der Waals surface area contributed by atoms with Crippen molar-refractivity contribution in [1.82, 2.24) is 9.38 Å². The van der Waals surface area contributed by atoms with E-state index in [1.54, 1.807) is 0 Å². The lowest BCUT2D eigenvalue weighted by Gasteiger charge is -2.05. The van der Waals surface area contributed by atoms with E-state index < -0.39 is 0 Å². The number of imidazole rings is 1. The van der Waals surface area contributed by atoms with E-state index in [4.69, 9.17) is 15.2 Å². The first kappa shape index (κ1) is 12.5. The molecular weight excluding hydrogens is 334 g/mol. The Kier molecular flexibility index (Phi) is 2.62. The number of benzene rings is 1. The van der Waals surface area contributed by atoms with Crippen molar-refractivity contribution in [2.75, 3.05) is 12.5 Å². The van der Waals surface area contributed by atoms with E-state index in [1.165, 1.54) is 0 Å². The van der Waals surface area contributed by atoms with E-state index in [9.17, 15) is 0 Å². The Bertz CT molecular complexity index is 873. The molecule has 0 spiro atoms. The summed E-state index contributed by atoms with van der Waals surface area (Å²) in [5.41, 5.74) is 9.79. The second-order valence-electron chi connectivity index (χ2n) is 4.87. The van der Waals surface area contributed by atoms with Gasteiger partial charge in [0.25, 0.3) is 0 Å². The highest BCUT2D eigenvalue weighted by atomic mass is 79.9. The number of nitrogens with two attached hydrogens (primary N) is 1. The Morgan fingerprint density at radius 1 is 1.19 bits per heavy atom. The van der Waals surface area contributed by atoms with Crippen LogP contribution in [-0.4, -0.2) is 16.2 Å². The number of fused-ring (bicyclic) bond motifs is 2. The zero-order valence-corrected chi connectivity index (χ0v) is 12.8. The van der Waals surface area contributed by atoms with Gasteiger partial charge in [-0.05, 0) is 53.2 Å². The fourth-order valence-corrected chi connectivity index (χ4v) is 2.86. The normalized spacial score (nSPS) is 13.0. The number of aryl methyl sites for hydroxylation is 1. The zero-order valence-electron chi connectivity index (χ0n) is 11.3. The van der Waals surface area contributed by atoms with Gasteiger partial charge in [0.1, 0.15) is 17.2 Å². The van der Waals surface area contributed by atoms with E-state index in [2.05, 4.69) is 20.9 Å². The van der Waals surface area contributed by atoms with Crippen LogP contribution in [0.3, 0.4) is 0 Å². The molecule has 3 heterocycles. The lowest BCUT2D eigenvalue weighted by Crippen LogP contribution is -1.98. The Hall–Kier alpha value is -2.21. The van der Waals surface area contributed by atoms with Gasteiger partial charge in [0.2, 0.25) is 6.79 Å². The molecule has 0 saturated carbocycles. The first-order valence-electron chi connectivity index (χ1n) is 6.48. The number of nitrogens with zero attached hydrogens (tertiary/aromatic N) is 2. The van der Waals surface area contributed by atoms with Gasteiger partial charge >= 0.3 is 0 Å². The van der Waals surface area contributed by atoms with Gasteiger partial charge in [0, 0.05) is 15.7 Å². The molecule has 1 aliphatic rings. The number of pyridine rings is 1. The summed E-state index contributed by atoms with van der Waals surface area (Å²) in [6, 6.07) is 9.63. The van der Waals surface area contributed by atoms with Gasteiger partial charge in [-0.15, -0.1) is 0 Å². The van der Waals surface area contributed by atoms with E-state index in [0.29, 0.717) is 5.82 Å². The van der Waals surface area contributed by atoms with Gasteiger partial charge in [0.15, 0.2) is 11.5 Å². The van der Waals surface area contributed by atoms with Crippen LogP contribution in [-0.2, 0) is 0 Å². The van der Waals surface area contributed by atoms with Crippen molar-refractivity contribution >= 4 is 27.4 Å². The third kappa shape index (κ3) is 1.79. The smallest absolute Gasteiger partial charge is 0.231 e. The van der Waals surface area contributed by atoms with E-state index in [1.807, 2.05) is 41.7 Å². The van der Waals surface area contributed by atoms with E-state index >= 15 is 0 Å². The molecule has 0 fully saturated rings. The van der Waals surface area contributed by atoms with Gasteiger partial charge in [-0.1, -0.05) is 0 Å². The summed E-state index contributed by atoms with van der Waals surface area (Å²) in [5.74, 6) is 2.09. The summed E-state index contributed by atoms with van der Waals surface area (Å²) < 4.78 is 13.7. The summed E-state index contributed by atoms with van der Waals surface area (Å²) in [4.78, 5) is 4.63. The minimum Gasteiger partial charge on any atom is -0.454 e. The van der Waals surface area contributed by atoms with Gasteiger partial charge in [-0.3, -0.25) is 4.40 Å². The van der Waals surface area contributed by atoms with Crippen LogP contribution in [0.4, 0.5) is 5.82 Å². The van der Waals surface area contributed by atoms with Gasteiger partial charge in [-0.25, -0.2) is 4.98 Å². The van der Waals surface area contributed by atoms with Crippen LogP contribution in [0.1, 0.15) is 5.69 Å². The second-order valence-corrected chi connectivity index (χ2v) is 5.73. The Labute approximate surface area is 129 Å². The maximum atomic E-state index is 6.29. The molecule has 0 bridgehead atoms. The lowest BCUT2D eigenvalue weighted by atomic mass is 10.1. The van der Waals surface area contributed by atoms with Crippen LogP contribution >= 0.6 is 15.9 Å².